The molecule has 0 radical (unpaired) electrons. The molecule has 0 bridgehead atoms. The molecule has 3 N–H and O–H groups in total. The Balaban J connectivity index is 2.63. The van der Waals surface area contributed by atoms with Gasteiger partial charge in [-0.2, -0.15) is 0 Å². The maximum Gasteiger partial charge on any atom is 0.0566 e. The number of nitrogens with zero attached hydrogens (tertiary/aromatic N) is 1. The van der Waals surface area contributed by atoms with Crippen LogP contribution in [0.25, 0.3) is 0 Å². The second kappa shape index (κ2) is 3.08. The van der Waals surface area contributed by atoms with E-state index in [1.54, 1.807) is 5.01 Å². The summed E-state index contributed by atoms with van der Waals surface area (Å²) < 4.78 is 0. The van der Waals surface area contributed by atoms with Crippen molar-refractivity contribution in [2.24, 2.45) is 5.73 Å². The summed E-state index contributed by atoms with van der Waals surface area (Å²) in [6, 6.07) is 0. The predicted octanol–water partition coefficient (Wildman–Crippen LogP) is -1.03. The number of nitrogens with one attached hydrogen (secondary N) is 1. The molecular weight excluding hydrogens is 78.1 g/mol. The summed E-state index contributed by atoms with van der Waals surface area (Å²) in [5.74, 6) is 0. The molecule has 0 amide bonds. The van der Waals surface area contributed by atoms with E-state index in [1.165, 1.54) is 0 Å². The van der Waals surface area contributed by atoms with Crippen LogP contribution in [0.2, 0.25) is 0 Å². The first-order valence-electron chi connectivity index (χ1n) is 1.88. The minimum atomic E-state index is 0.507. The average molecular weight is 89.1 g/mol. The Hall–Kier alpha value is -0.120. The van der Waals surface area contributed by atoms with Crippen molar-refractivity contribution in [1.82, 2.24) is 10.4 Å². The molecule has 3 nitrogen and oxygen atoms in total. The van der Waals surface area contributed by atoms with Gasteiger partial charge >= 0.3 is 0 Å². The first kappa shape index (κ1) is 5.88. The van der Waals surface area contributed by atoms with Gasteiger partial charge in [-0.15, -0.1) is 0 Å². The molecule has 0 rings (SSSR count). The Labute approximate surface area is 38.1 Å². The Morgan fingerprint density at radius 1 is 1.67 bits per heavy atom. The average Bonchev–Trinajstić information content (AvgIpc) is 1.35. The van der Waals surface area contributed by atoms with Crippen LogP contribution in [0.4, 0.5) is 0 Å². The van der Waals surface area contributed by atoms with Gasteiger partial charge in [-0.25, -0.2) is 10.4 Å². The van der Waals surface area contributed by atoms with Gasteiger partial charge in [0.2, 0.25) is 0 Å². The molecule has 0 spiro atoms. The van der Waals surface area contributed by atoms with Crippen molar-refractivity contribution in [1.29, 1.82) is 0 Å². The topological polar surface area (TPSA) is 41.3 Å². The van der Waals surface area contributed by atoms with Gasteiger partial charge in [-0.05, 0) is 0 Å². The molecule has 0 aromatic carbocycles. The van der Waals surface area contributed by atoms with E-state index >= 15 is 0 Å². The first-order valence-corrected chi connectivity index (χ1v) is 1.88. The zero-order chi connectivity index (χ0) is 4.99. The quantitative estimate of drug-likeness (QED) is 0.336. The third-order valence-corrected chi connectivity index (χ3v) is 0.408. The van der Waals surface area contributed by atoms with Crippen LogP contribution in [0, 0.1) is 0 Å². The molecule has 0 saturated heterocycles. The van der Waals surface area contributed by atoms with Gasteiger partial charge in [0.05, 0.1) is 6.67 Å². The zero-order valence-corrected chi connectivity index (χ0v) is 4.23. The molecule has 0 aliphatic carbocycles. The van der Waals surface area contributed by atoms with Gasteiger partial charge in [-0.3, -0.25) is 0 Å². The van der Waals surface area contributed by atoms with Gasteiger partial charge in [0, 0.05) is 14.1 Å². The van der Waals surface area contributed by atoms with E-state index in [0.29, 0.717) is 6.67 Å². The van der Waals surface area contributed by atoms with Crippen LogP contribution >= 0.6 is 0 Å². The molecule has 0 fully saturated rings. The summed E-state index contributed by atoms with van der Waals surface area (Å²) in [6.45, 7) is 0.507. The highest BCUT2D eigenvalue weighted by atomic mass is 15.5. The van der Waals surface area contributed by atoms with E-state index in [0.717, 1.165) is 0 Å². The monoisotopic (exact) mass is 89.1 g/mol. The lowest BCUT2D eigenvalue weighted by Crippen LogP contribution is -2.34. The highest BCUT2D eigenvalue weighted by molar-refractivity contribution is 4.22. The summed E-state index contributed by atoms with van der Waals surface area (Å²) in [4.78, 5) is 0. The minimum absolute atomic E-state index is 0.507. The van der Waals surface area contributed by atoms with E-state index in [2.05, 4.69) is 5.43 Å². The molecule has 0 aromatic rings. The summed E-state index contributed by atoms with van der Waals surface area (Å²) in [6.07, 6.45) is 0. The van der Waals surface area contributed by atoms with Crippen LogP contribution in [0.5, 0.6) is 0 Å². The van der Waals surface area contributed by atoms with Crippen LogP contribution in [0.1, 0.15) is 0 Å². The highest BCUT2D eigenvalue weighted by Gasteiger charge is 1.75. The molecule has 38 valence electrons. The van der Waals surface area contributed by atoms with Gasteiger partial charge in [-0.1, -0.05) is 0 Å². The van der Waals surface area contributed by atoms with Crippen molar-refractivity contribution < 1.29 is 0 Å². The molecule has 0 aliphatic rings. The van der Waals surface area contributed by atoms with Crippen molar-refractivity contribution in [2.75, 3.05) is 20.8 Å². The number of hydrazine groups is 1. The summed E-state index contributed by atoms with van der Waals surface area (Å²) in [5.41, 5.74) is 7.90. The summed E-state index contributed by atoms with van der Waals surface area (Å²) in [7, 11) is 3.79. The Bertz CT molecular complexity index is 27.2. The summed E-state index contributed by atoms with van der Waals surface area (Å²) >= 11 is 0. The largest absolute Gasteiger partial charge is 0.317 e. The maximum absolute atomic E-state index is 5.08. The van der Waals surface area contributed by atoms with Crippen LogP contribution < -0.4 is 11.2 Å². The molecule has 0 unspecified atom stereocenters. The second-order valence-electron chi connectivity index (χ2n) is 1.26. The lowest BCUT2D eigenvalue weighted by atomic mass is 11.1. The summed E-state index contributed by atoms with van der Waals surface area (Å²) in [5, 5.41) is 1.81. The third-order valence-electron chi connectivity index (χ3n) is 0.408. The van der Waals surface area contributed by atoms with E-state index < -0.39 is 0 Å². The lowest BCUT2D eigenvalue weighted by molar-refractivity contribution is 0.295. The number of hydrogen-bond acceptors (Lipinski definition) is 3. The van der Waals surface area contributed by atoms with Crippen LogP contribution in [0.15, 0.2) is 0 Å². The number of hydrogen-bond donors (Lipinski definition) is 2. The Kier molecular flexibility index (Phi) is 3.02. The lowest BCUT2D eigenvalue weighted by Gasteiger charge is -2.06. The zero-order valence-electron chi connectivity index (χ0n) is 4.23. The Morgan fingerprint density at radius 3 is 2.17 bits per heavy atom. The van der Waals surface area contributed by atoms with Crippen LogP contribution in [-0.4, -0.2) is 25.8 Å². The van der Waals surface area contributed by atoms with Gasteiger partial charge in [0.25, 0.3) is 0 Å². The van der Waals surface area contributed by atoms with Gasteiger partial charge in [0.15, 0.2) is 0 Å². The molecule has 0 aliphatic heterocycles. The molecule has 6 heavy (non-hydrogen) atoms. The fraction of sp³-hybridized carbons (Fsp3) is 1.00. The van der Waals surface area contributed by atoms with Crippen molar-refractivity contribution in [3.05, 3.63) is 0 Å². The van der Waals surface area contributed by atoms with Crippen molar-refractivity contribution in [3.8, 4) is 0 Å². The Morgan fingerprint density at radius 2 is 2.17 bits per heavy atom. The first-order chi connectivity index (χ1) is 2.77. The fourth-order valence-electron chi connectivity index (χ4n) is 0.183. The maximum atomic E-state index is 5.08. The van der Waals surface area contributed by atoms with E-state index in [-0.39, 0.29) is 0 Å². The second-order valence-corrected chi connectivity index (χ2v) is 1.26. The third kappa shape index (κ3) is 3.88. The van der Waals surface area contributed by atoms with Crippen LogP contribution in [-0.2, 0) is 0 Å². The van der Waals surface area contributed by atoms with Gasteiger partial charge in [0.1, 0.15) is 0 Å². The highest BCUT2D eigenvalue weighted by Crippen LogP contribution is 1.52. The minimum Gasteiger partial charge on any atom is -0.317 e. The van der Waals surface area contributed by atoms with Crippen LogP contribution in [0.3, 0.4) is 0 Å². The molecule has 0 saturated carbocycles. The van der Waals surface area contributed by atoms with Gasteiger partial charge < -0.3 is 5.73 Å². The van der Waals surface area contributed by atoms with Crippen molar-refractivity contribution >= 4 is 0 Å². The van der Waals surface area contributed by atoms with E-state index in [1.807, 2.05) is 14.1 Å². The normalized spacial score (nSPS) is 10.0. The van der Waals surface area contributed by atoms with Crippen molar-refractivity contribution in [3.63, 3.8) is 0 Å². The molecule has 3 heteroatoms. The molecule has 0 atom stereocenters. The number of nitrogens with two attached hydrogens (primary N) is 1. The van der Waals surface area contributed by atoms with Crippen molar-refractivity contribution in [2.45, 2.75) is 0 Å². The molecule has 0 aromatic heterocycles. The molecule has 0 heterocycles. The smallest absolute Gasteiger partial charge is 0.0566 e. The fourth-order valence-corrected chi connectivity index (χ4v) is 0.183. The van der Waals surface area contributed by atoms with E-state index in [9.17, 15) is 0 Å². The predicted molar refractivity (Wildman–Crippen MR) is 25.9 cm³/mol. The standard InChI is InChI=1S/C3H11N3/c1-6(2)5-3-4/h5H,3-4H2,1-2H3. The van der Waals surface area contributed by atoms with E-state index in [4.69, 9.17) is 5.73 Å². The molecular formula is C3H11N3. The SMILES string of the molecule is CN(C)NCN. The number of rotatable bonds is 2.